The second kappa shape index (κ2) is 6.29. The average molecular weight is 341 g/mol. The van der Waals surface area contributed by atoms with Crippen molar-refractivity contribution in [2.24, 2.45) is 0 Å². The highest BCUT2D eigenvalue weighted by molar-refractivity contribution is 7.92. The van der Waals surface area contributed by atoms with Gasteiger partial charge in [0.05, 0.1) is 21.7 Å². The predicted octanol–water partition coefficient (Wildman–Crippen LogP) is 2.40. The second-order valence-electron chi connectivity index (χ2n) is 5.06. The molecule has 1 heterocycles. The van der Waals surface area contributed by atoms with Crippen LogP contribution < -0.4 is 10.0 Å². The SMILES string of the molecule is CNC(=O)c1ccnc2c(NS(=O)(=O)c3ccccc3)cccc12. The highest BCUT2D eigenvalue weighted by Gasteiger charge is 2.17. The van der Waals surface area contributed by atoms with Crippen LogP contribution in [0.4, 0.5) is 5.69 Å². The molecule has 2 aromatic carbocycles. The molecule has 24 heavy (non-hydrogen) atoms. The number of sulfonamides is 1. The van der Waals surface area contributed by atoms with Crippen LogP contribution in [0.2, 0.25) is 0 Å². The van der Waals surface area contributed by atoms with E-state index >= 15 is 0 Å². The number of nitrogens with zero attached hydrogens (tertiary/aromatic N) is 1. The number of anilines is 1. The minimum absolute atomic E-state index is 0.157. The fourth-order valence-electron chi connectivity index (χ4n) is 2.39. The predicted molar refractivity (Wildman–Crippen MR) is 92.4 cm³/mol. The molecule has 122 valence electrons. The Labute approximate surface area is 139 Å². The number of benzene rings is 2. The normalized spacial score (nSPS) is 11.2. The summed E-state index contributed by atoms with van der Waals surface area (Å²) in [5.41, 5.74) is 1.17. The molecule has 2 N–H and O–H groups in total. The van der Waals surface area contributed by atoms with Crippen LogP contribution in [0.1, 0.15) is 10.4 Å². The summed E-state index contributed by atoms with van der Waals surface area (Å²) >= 11 is 0. The Balaban J connectivity index is 2.10. The van der Waals surface area contributed by atoms with Crippen LogP contribution in [0.15, 0.2) is 65.7 Å². The van der Waals surface area contributed by atoms with Crippen LogP contribution in [0.5, 0.6) is 0 Å². The van der Waals surface area contributed by atoms with Crippen molar-refractivity contribution in [3.63, 3.8) is 0 Å². The van der Waals surface area contributed by atoms with Crippen LogP contribution in [-0.2, 0) is 10.0 Å². The zero-order chi connectivity index (χ0) is 17.2. The van der Waals surface area contributed by atoms with Gasteiger partial charge in [0.1, 0.15) is 0 Å². The third kappa shape index (κ3) is 2.93. The van der Waals surface area contributed by atoms with Gasteiger partial charge in [0, 0.05) is 18.6 Å². The Morgan fingerprint density at radius 3 is 2.46 bits per heavy atom. The highest BCUT2D eigenvalue weighted by Crippen LogP contribution is 2.26. The van der Waals surface area contributed by atoms with Crippen molar-refractivity contribution >= 4 is 32.5 Å². The first kappa shape index (κ1) is 15.9. The number of hydrogen-bond donors (Lipinski definition) is 2. The first-order valence-corrected chi connectivity index (χ1v) is 8.69. The molecule has 6 nitrogen and oxygen atoms in total. The lowest BCUT2D eigenvalue weighted by molar-refractivity contribution is 0.0964. The molecule has 1 amide bonds. The number of amides is 1. The van der Waals surface area contributed by atoms with E-state index in [9.17, 15) is 13.2 Å². The number of hydrogen-bond acceptors (Lipinski definition) is 4. The van der Waals surface area contributed by atoms with Crippen LogP contribution >= 0.6 is 0 Å². The lowest BCUT2D eigenvalue weighted by atomic mass is 10.1. The van der Waals surface area contributed by atoms with E-state index in [4.69, 9.17) is 0 Å². The zero-order valence-electron chi connectivity index (χ0n) is 12.9. The number of aromatic nitrogens is 1. The van der Waals surface area contributed by atoms with Crippen LogP contribution in [0, 0.1) is 0 Å². The van der Waals surface area contributed by atoms with Gasteiger partial charge >= 0.3 is 0 Å². The van der Waals surface area contributed by atoms with Gasteiger partial charge in [0.15, 0.2) is 0 Å². The summed E-state index contributed by atoms with van der Waals surface area (Å²) in [5.74, 6) is -0.259. The van der Waals surface area contributed by atoms with E-state index in [0.717, 1.165) is 0 Å². The molecule has 0 aliphatic rings. The second-order valence-corrected chi connectivity index (χ2v) is 6.74. The number of carbonyl (C=O) groups excluding carboxylic acids is 1. The maximum Gasteiger partial charge on any atom is 0.261 e. The summed E-state index contributed by atoms with van der Waals surface area (Å²) in [7, 11) is -2.20. The number of rotatable bonds is 4. The molecule has 0 atom stereocenters. The van der Waals surface area contributed by atoms with Crippen molar-refractivity contribution in [3.05, 3.63) is 66.4 Å². The number of para-hydroxylation sites is 1. The number of pyridine rings is 1. The first-order valence-electron chi connectivity index (χ1n) is 7.20. The molecule has 0 aliphatic carbocycles. The maximum absolute atomic E-state index is 12.5. The van der Waals surface area contributed by atoms with E-state index in [-0.39, 0.29) is 10.8 Å². The smallest absolute Gasteiger partial charge is 0.261 e. The molecule has 0 aliphatic heterocycles. The third-order valence-corrected chi connectivity index (χ3v) is 4.92. The molecule has 0 unspecified atom stereocenters. The molecule has 7 heteroatoms. The van der Waals surface area contributed by atoms with Crippen molar-refractivity contribution < 1.29 is 13.2 Å². The van der Waals surface area contributed by atoms with Crippen molar-refractivity contribution in [2.45, 2.75) is 4.90 Å². The summed E-state index contributed by atoms with van der Waals surface area (Å²) in [6.07, 6.45) is 1.48. The van der Waals surface area contributed by atoms with Gasteiger partial charge in [-0.1, -0.05) is 30.3 Å². The lowest BCUT2D eigenvalue weighted by Crippen LogP contribution is -2.18. The van der Waals surface area contributed by atoms with Crippen molar-refractivity contribution in [1.29, 1.82) is 0 Å². The molecule has 3 rings (SSSR count). The van der Waals surface area contributed by atoms with Gasteiger partial charge < -0.3 is 5.32 Å². The molecule has 0 fully saturated rings. The molecule has 0 saturated carbocycles. The van der Waals surface area contributed by atoms with Gasteiger partial charge in [0.2, 0.25) is 0 Å². The molecule has 0 radical (unpaired) electrons. The highest BCUT2D eigenvalue weighted by atomic mass is 32.2. The van der Waals surface area contributed by atoms with Crippen molar-refractivity contribution in [2.75, 3.05) is 11.8 Å². The Bertz CT molecular complexity index is 1000. The fourth-order valence-corrected chi connectivity index (χ4v) is 3.48. The van der Waals surface area contributed by atoms with Crippen molar-refractivity contribution in [3.8, 4) is 0 Å². The summed E-state index contributed by atoms with van der Waals surface area (Å²) in [5, 5.41) is 3.14. The Morgan fingerprint density at radius 1 is 1.00 bits per heavy atom. The molecular weight excluding hydrogens is 326 g/mol. The Hall–Kier alpha value is -2.93. The Morgan fingerprint density at radius 2 is 1.75 bits per heavy atom. The number of fused-ring (bicyclic) bond motifs is 1. The summed E-state index contributed by atoms with van der Waals surface area (Å²) in [6, 6.07) is 14.7. The fraction of sp³-hybridized carbons (Fsp3) is 0.0588. The van der Waals surface area contributed by atoms with E-state index in [2.05, 4.69) is 15.0 Å². The molecule has 0 saturated heterocycles. The third-order valence-electron chi connectivity index (χ3n) is 3.54. The van der Waals surface area contributed by atoms with E-state index in [1.165, 1.54) is 25.4 Å². The zero-order valence-corrected chi connectivity index (χ0v) is 13.7. The molecular formula is C17H15N3O3S. The first-order chi connectivity index (χ1) is 11.5. The minimum Gasteiger partial charge on any atom is -0.355 e. The largest absolute Gasteiger partial charge is 0.355 e. The minimum atomic E-state index is -3.73. The van der Waals surface area contributed by atoms with E-state index in [0.29, 0.717) is 22.2 Å². The topological polar surface area (TPSA) is 88.2 Å². The van der Waals surface area contributed by atoms with Gasteiger partial charge in [0.25, 0.3) is 15.9 Å². The van der Waals surface area contributed by atoms with Crippen LogP contribution in [0.25, 0.3) is 10.9 Å². The van der Waals surface area contributed by atoms with Gasteiger partial charge in [-0.2, -0.15) is 0 Å². The van der Waals surface area contributed by atoms with E-state index < -0.39 is 10.0 Å². The van der Waals surface area contributed by atoms with Crippen LogP contribution in [-0.4, -0.2) is 26.4 Å². The summed E-state index contributed by atoms with van der Waals surface area (Å²) in [6.45, 7) is 0. The maximum atomic E-state index is 12.5. The quantitative estimate of drug-likeness (QED) is 0.763. The standard InChI is InChI=1S/C17H15N3O3S/c1-18-17(21)14-10-11-19-16-13(14)8-5-9-15(16)20-24(22,23)12-6-3-2-4-7-12/h2-11,20H,1H3,(H,18,21). The average Bonchev–Trinajstić information content (AvgIpc) is 2.61. The van der Waals surface area contributed by atoms with Gasteiger partial charge in [-0.15, -0.1) is 0 Å². The molecule has 1 aromatic heterocycles. The number of nitrogens with one attached hydrogen (secondary N) is 2. The van der Waals surface area contributed by atoms with Crippen LogP contribution in [0.3, 0.4) is 0 Å². The monoisotopic (exact) mass is 341 g/mol. The van der Waals surface area contributed by atoms with E-state index in [1.807, 2.05) is 0 Å². The summed E-state index contributed by atoms with van der Waals surface area (Å²) in [4.78, 5) is 16.4. The Kier molecular flexibility index (Phi) is 4.18. The molecule has 0 bridgehead atoms. The number of carbonyl (C=O) groups is 1. The summed E-state index contributed by atoms with van der Waals surface area (Å²) < 4.78 is 27.5. The van der Waals surface area contributed by atoms with Gasteiger partial charge in [-0.25, -0.2) is 8.42 Å². The molecule has 3 aromatic rings. The van der Waals surface area contributed by atoms with E-state index in [1.54, 1.807) is 42.5 Å². The lowest BCUT2D eigenvalue weighted by Gasteiger charge is -2.11. The van der Waals surface area contributed by atoms with Gasteiger partial charge in [-0.05, 0) is 24.3 Å². The van der Waals surface area contributed by atoms with Gasteiger partial charge in [-0.3, -0.25) is 14.5 Å². The molecule has 0 spiro atoms. The van der Waals surface area contributed by atoms with Crippen molar-refractivity contribution in [1.82, 2.24) is 10.3 Å².